The molecule has 8 heteroatoms. The SMILES string of the molecule is CCCCN1C(=CC=C(C=CC2=[N+](CCCS(=O)(=O)O)c3ccc4ccccc4c3C2(C)C)c2cccc(OCCCCO)c2)C(C)(C)c2c1ccc1ccccc21. The summed E-state index contributed by atoms with van der Waals surface area (Å²) in [5.74, 6) is 0.460. The maximum Gasteiger partial charge on any atom is 0.265 e. The van der Waals surface area contributed by atoms with E-state index in [9.17, 15) is 18.1 Å². The van der Waals surface area contributed by atoms with Gasteiger partial charge in [0.15, 0.2) is 5.71 Å². The largest absolute Gasteiger partial charge is 0.494 e. The van der Waals surface area contributed by atoms with Crippen LogP contribution in [0.1, 0.15) is 83.4 Å². The summed E-state index contributed by atoms with van der Waals surface area (Å²) < 4.78 is 41.8. The average Bonchev–Trinajstić information content (AvgIpc) is 3.56. The fourth-order valence-corrected chi connectivity index (χ4v) is 9.52. The molecule has 58 heavy (non-hydrogen) atoms. The molecule has 0 amide bonds. The number of hydrogen-bond acceptors (Lipinski definition) is 5. The van der Waals surface area contributed by atoms with Gasteiger partial charge in [-0.05, 0) is 108 Å². The van der Waals surface area contributed by atoms with Crippen LogP contribution >= 0.6 is 0 Å². The van der Waals surface area contributed by atoms with Crippen LogP contribution in [0.2, 0.25) is 0 Å². The molecule has 0 saturated heterocycles. The lowest BCUT2D eigenvalue weighted by Crippen LogP contribution is -2.28. The van der Waals surface area contributed by atoms with Gasteiger partial charge in [-0.15, -0.1) is 0 Å². The van der Waals surface area contributed by atoms with Crippen LogP contribution in [-0.4, -0.2) is 60.4 Å². The molecule has 0 bridgehead atoms. The van der Waals surface area contributed by atoms with Crippen molar-refractivity contribution < 1.29 is 27.4 Å². The van der Waals surface area contributed by atoms with Gasteiger partial charge in [0.05, 0.1) is 17.8 Å². The molecule has 302 valence electrons. The van der Waals surface area contributed by atoms with Gasteiger partial charge in [0.2, 0.25) is 5.69 Å². The van der Waals surface area contributed by atoms with Crippen LogP contribution in [0.5, 0.6) is 5.75 Å². The summed E-state index contributed by atoms with van der Waals surface area (Å²) in [6, 6.07) is 34.1. The molecule has 2 aliphatic heterocycles. The average molecular weight is 798 g/mol. The smallest absolute Gasteiger partial charge is 0.265 e. The van der Waals surface area contributed by atoms with Gasteiger partial charge in [0, 0.05) is 54.1 Å². The number of ether oxygens (including phenoxy) is 1. The number of benzene rings is 5. The Morgan fingerprint density at radius 2 is 1.52 bits per heavy atom. The minimum Gasteiger partial charge on any atom is -0.494 e. The Morgan fingerprint density at radius 3 is 2.22 bits per heavy atom. The van der Waals surface area contributed by atoms with Crippen LogP contribution in [0.3, 0.4) is 0 Å². The summed E-state index contributed by atoms with van der Waals surface area (Å²) in [6.07, 6.45) is 12.8. The maximum atomic E-state index is 11.9. The highest BCUT2D eigenvalue weighted by Crippen LogP contribution is 2.51. The normalized spacial score (nSPS) is 16.9. The van der Waals surface area contributed by atoms with E-state index in [-0.39, 0.29) is 24.2 Å². The van der Waals surface area contributed by atoms with E-state index in [4.69, 9.17) is 4.74 Å². The van der Waals surface area contributed by atoms with Crippen molar-refractivity contribution in [2.45, 2.75) is 77.6 Å². The van der Waals surface area contributed by atoms with Crippen molar-refractivity contribution in [1.82, 2.24) is 0 Å². The van der Waals surface area contributed by atoms with Gasteiger partial charge < -0.3 is 14.7 Å². The second-order valence-electron chi connectivity index (χ2n) is 16.6. The summed E-state index contributed by atoms with van der Waals surface area (Å²) >= 11 is 0. The lowest BCUT2D eigenvalue weighted by atomic mass is 9.79. The Labute approximate surface area is 344 Å². The number of hydrogen-bond donors (Lipinski definition) is 2. The van der Waals surface area contributed by atoms with Gasteiger partial charge in [-0.1, -0.05) is 100.0 Å². The van der Waals surface area contributed by atoms with Crippen molar-refractivity contribution in [3.8, 4) is 5.75 Å². The maximum absolute atomic E-state index is 11.9. The zero-order valence-corrected chi connectivity index (χ0v) is 35.4. The zero-order chi connectivity index (χ0) is 41.1. The van der Waals surface area contributed by atoms with Crippen molar-refractivity contribution >= 4 is 54.3 Å². The Balaban J connectivity index is 1.37. The predicted octanol–water partition coefficient (Wildman–Crippen LogP) is 10.9. The zero-order valence-electron chi connectivity index (χ0n) is 34.5. The van der Waals surface area contributed by atoms with Gasteiger partial charge in [0.25, 0.3) is 10.1 Å². The first kappa shape index (κ1) is 41.2. The molecule has 0 aliphatic carbocycles. The van der Waals surface area contributed by atoms with Crippen LogP contribution < -0.4 is 9.64 Å². The third kappa shape index (κ3) is 8.28. The molecule has 5 aromatic carbocycles. The minimum absolute atomic E-state index is 0.142. The molecule has 7 nitrogen and oxygen atoms in total. The molecule has 0 fully saturated rings. The van der Waals surface area contributed by atoms with Crippen LogP contribution in [0.25, 0.3) is 27.1 Å². The molecule has 0 unspecified atom stereocenters. The van der Waals surface area contributed by atoms with Crippen LogP contribution in [0.4, 0.5) is 11.4 Å². The quantitative estimate of drug-likeness (QED) is 0.0447. The van der Waals surface area contributed by atoms with Gasteiger partial charge in [-0.25, -0.2) is 0 Å². The molecule has 2 heterocycles. The summed E-state index contributed by atoms with van der Waals surface area (Å²) in [4.78, 5) is 2.51. The monoisotopic (exact) mass is 797 g/mol. The number of nitrogens with zero attached hydrogens (tertiary/aromatic N) is 2. The first-order valence-corrected chi connectivity index (χ1v) is 22.3. The number of aliphatic hydroxyl groups is 1. The van der Waals surface area contributed by atoms with E-state index in [1.54, 1.807) is 0 Å². The van der Waals surface area contributed by atoms with Crippen molar-refractivity contribution in [2.75, 3.05) is 37.0 Å². The van der Waals surface area contributed by atoms with Gasteiger partial charge in [0.1, 0.15) is 12.3 Å². The van der Waals surface area contributed by atoms with E-state index >= 15 is 0 Å². The molecule has 0 saturated carbocycles. The highest BCUT2D eigenvalue weighted by Gasteiger charge is 2.45. The fourth-order valence-electron chi connectivity index (χ4n) is 9.03. The van der Waals surface area contributed by atoms with Crippen LogP contribution in [0, 0.1) is 0 Å². The van der Waals surface area contributed by atoms with Gasteiger partial charge in [-0.2, -0.15) is 13.0 Å². The van der Waals surface area contributed by atoms with Crippen molar-refractivity contribution in [2.24, 2.45) is 0 Å². The third-order valence-electron chi connectivity index (χ3n) is 11.9. The van der Waals surface area contributed by atoms with Crippen LogP contribution in [0.15, 0.2) is 127 Å². The molecule has 0 spiro atoms. The molecule has 5 aromatic rings. The number of unbranched alkanes of at least 4 members (excludes halogenated alkanes) is 2. The molecule has 7 rings (SSSR count). The Bertz CT molecular complexity index is 2560. The van der Waals surface area contributed by atoms with Crippen molar-refractivity contribution in [3.05, 3.63) is 144 Å². The highest BCUT2D eigenvalue weighted by molar-refractivity contribution is 7.85. The number of rotatable bonds is 16. The summed E-state index contributed by atoms with van der Waals surface area (Å²) in [6.45, 7) is 13.4. The fraction of sp³-hybridized carbons (Fsp3) is 0.340. The lowest BCUT2D eigenvalue weighted by Gasteiger charge is -2.27. The second-order valence-corrected chi connectivity index (χ2v) is 18.2. The Kier molecular flexibility index (Phi) is 12.1. The summed E-state index contributed by atoms with van der Waals surface area (Å²) in [7, 11) is -4.12. The molecule has 2 aliphatic rings. The predicted molar refractivity (Wildman–Crippen MR) is 240 cm³/mol. The van der Waals surface area contributed by atoms with E-state index in [2.05, 4.69) is 153 Å². The topological polar surface area (TPSA) is 90.1 Å². The van der Waals surface area contributed by atoms with Crippen molar-refractivity contribution in [1.29, 1.82) is 0 Å². The standard InChI is InChI=1S/C50H56N2O5S/c1-6-7-30-51-43-26-22-37-16-8-10-20-41(37)47(43)49(2,3)45(51)28-24-36(39-18-14-19-40(35-39)57-33-13-12-32-53)25-29-46-50(4,5)48-42-21-11-9-17-38(42)23-27-44(48)52(46)31-15-34-58(54,55)56/h8-11,14,16-29,35,53H,6-7,12-13,15,30-34H2,1-5H3/p+1. The molecular formula is C50H57N2O5S+. The summed E-state index contributed by atoms with van der Waals surface area (Å²) in [5.41, 5.74) is 8.49. The Hall–Kier alpha value is -5.02. The molecule has 0 radical (unpaired) electrons. The van der Waals surface area contributed by atoms with Gasteiger partial charge >= 0.3 is 0 Å². The number of allylic oxidation sites excluding steroid dienone is 6. The minimum atomic E-state index is -4.12. The first-order valence-electron chi connectivity index (χ1n) is 20.7. The number of aliphatic hydroxyl groups excluding tert-OH is 1. The molecule has 2 N–H and O–H groups in total. The van der Waals surface area contributed by atoms with E-state index in [0.29, 0.717) is 19.6 Å². The second kappa shape index (κ2) is 17.1. The molecular weight excluding hydrogens is 741 g/mol. The third-order valence-corrected chi connectivity index (χ3v) is 12.7. The van der Waals surface area contributed by atoms with E-state index in [1.165, 1.54) is 38.7 Å². The van der Waals surface area contributed by atoms with E-state index in [1.807, 2.05) is 12.1 Å². The van der Waals surface area contributed by atoms with Crippen LogP contribution in [-0.2, 0) is 20.9 Å². The number of anilines is 1. The first-order chi connectivity index (χ1) is 27.8. The van der Waals surface area contributed by atoms with Gasteiger partial charge in [-0.3, -0.25) is 4.55 Å². The molecule has 0 atom stereocenters. The Morgan fingerprint density at radius 1 is 0.810 bits per heavy atom. The number of fused-ring (bicyclic) bond motifs is 6. The molecule has 0 aromatic heterocycles. The summed E-state index contributed by atoms with van der Waals surface area (Å²) in [5, 5.41) is 14.2. The van der Waals surface area contributed by atoms with E-state index < -0.39 is 15.5 Å². The van der Waals surface area contributed by atoms with E-state index in [0.717, 1.165) is 59.5 Å². The van der Waals surface area contributed by atoms with Crippen molar-refractivity contribution in [3.63, 3.8) is 0 Å². The lowest BCUT2D eigenvalue weighted by molar-refractivity contribution is -0.437. The highest BCUT2D eigenvalue weighted by atomic mass is 32.2.